The molecular formula is C22H23NO3. The number of benzene rings is 2. The first-order valence-electron chi connectivity index (χ1n) is 8.19. The van der Waals surface area contributed by atoms with Crippen LogP contribution in [-0.2, 0) is 11.3 Å². The van der Waals surface area contributed by atoms with Crippen LogP contribution in [0, 0.1) is 0 Å². The van der Waals surface area contributed by atoms with E-state index in [1.54, 1.807) is 24.3 Å². The van der Waals surface area contributed by atoms with Gasteiger partial charge in [0, 0.05) is 0 Å². The first-order valence-corrected chi connectivity index (χ1v) is 8.19. The summed E-state index contributed by atoms with van der Waals surface area (Å²) in [5, 5.41) is 0. The molecule has 2 N–H and O–H groups in total. The van der Waals surface area contributed by atoms with Crippen LogP contribution in [0.25, 0.3) is 0 Å². The summed E-state index contributed by atoms with van der Waals surface area (Å²) >= 11 is 0. The third-order valence-electron chi connectivity index (χ3n) is 3.90. The quantitative estimate of drug-likeness (QED) is 0.568. The highest BCUT2D eigenvalue weighted by Gasteiger charge is 2.10. The van der Waals surface area contributed by atoms with Gasteiger partial charge < -0.3 is 15.2 Å². The molecule has 26 heavy (non-hydrogen) atoms. The normalized spacial score (nSPS) is 12.2. The molecule has 0 heterocycles. The molecule has 134 valence electrons. The van der Waals surface area contributed by atoms with Crippen LogP contribution in [-0.4, -0.2) is 13.1 Å². The fourth-order valence-corrected chi connectivity index (χ4v) is 2.45. The second-order valence-electron chi connectivity index (χ2n) is 5.63. The third kappa shape index (κ3) is 4.94. The van der Waals surface area contributed by atoms with Crippen LogP contribution in [0.15, 0.2) is 85.5 Å². The molecule has 0 aliphatic carbocycles. The van der Waals surface area contributed by atoms with E-state index < -0.39 is 0 Å². The minimum atomic E-state index is -0.357. The summed E-state index contributed by atoms with van der Waals surface area (Å²) in [6.45, 7) is 7.87. The molecule has 0 aliphatic rings. The van der Waals surface area contributed by atoms with E-state index in [0.29, 0.717) is 12.2 Å². The predicted octanol–water partition coefficient (Wildman–Crippen LogP) is 4.35. The lowest BCUT2D eigenvalue weighted by atomic mass is 9.99. The zero-order valence-electron chi connectivity index (χ0n) is 14.9. The molecule has 0 radical (unpaired) electrons. The molecular weight excluding hydrogens is 326 g/mol. The Hall–Kier alpha value is -3.11. The second kappa shape index (κ2) is 9.39. The number of hydrogen-bond acceptors (Lipinski definition) is 4. The number of ether oxygens (including phenoxy) is 2. The van der Waals surface area contributed by atoms with Crippen LogP contribution in [0.4, 0.5) is 0 Å². The average molecular weight is 349 g/mol. The summed E-state index contributed by atoms with van der Waals surface area (Å²) in [7, 11) is 1.36. The first-order chi connectivity index (χ1) is 12.6. The highest BCUT2D eigenvalue weighted by atomic mass is 16.5. The average Bonchev–Trinajstić information content (AvgIpc) is 2.70. The van der Waals surface area contributed by atoms with Gasteiger partial charge in [0.1, 0.15) is 12.4 Å². The van der Waals surface area contributed by atoms with Gasteiger partial charge in [0.25, 0.3) is 0 Å². The monoisotopic (exact) mass is 349 g/mol. The molecule has 4 nitrogen and oxygen atoms in total. The molecule has 0 amide bonds. The van der Waals surface area contributed by atoms with Crippen LogP contribution in [0.5, 0.6) is 5.75 Å². The van der Waals surface area contributed by atoms with Crippen molar-refractivity contribution < 1.29 is 14.3 Å². The fraction of sp³-hybridized carbons (Fsp3) is 0.136. The summed E-state index contributed by atoms with van der Waals surface area (Å²) < 4.78 is 10.5. The summed E-state index contributed by atoms with van der Waals surface area (Å²) in [4.78, 5) is 11.4. The molecule has 0 saturated carbocycles. The van der Waals surface area contributed by atoms with E-state index in [9.17, 15) is 4.79 Å². The van der Waals surface area contributed by atoms with Gasteiger partial charge in [0.2, 0.25) is 0 Å². The molecule has 2 rings (SSSR count). The van der Waals surface area contributed by atoms with Crippen molar-refractivity contribution in [2.45, 2.75) is 12.6 Å². The number of carbonyl (C=O) groups excluding carboxylic acids is 1. The van der Waals surface area contributed by atoms with Gasteiger partial charge in [-0.15, -0.1) is 0 Å². The van der Waals surface area contributed by atoms with E-state index >= 15 is 0 Å². The van der Waals surface area contributed by atoms with Crippen molar-refractivity contribution in [1.29, 1.82) is 0 Å². The Labute approximate surface area is 154 Å². The molecule has 0 spiro atoms. The van der Waals surface area contributed by atoms with Crippen LogP contribution in [0.1, 0.15) is 27.5 Å². The van der Waals surface area contributed by atoms with Crippen molar-refractivity contribution in [3.05, 3.63) is 102 Å². The van der Waals surface area contributed by atoms with E-state index in [4.69, 9.17) is 10.5 Å². The van der Waals surface area contributed by atoms with E-state index in [0.717, 1.165) is 22.4 Å². The largest absolute Gasteiger partial charge is 0.489 e. The Morgan fingerprint density at radius 3 is 2.54 bits per heavy atom. The van der Waals surface area contributed by atoms with Crippen molar-refractivity contribution in [3.8, 4) is 5.75 Å². The van der Waals surface area contributed by atoms with Crippen LogP contribution >= 0.6 is 0 Å². The standard InChI is InChI=1S/C22H23NO3/c1-4-7-17(5-2)21(23)19-8-6-9-20(14-19)26-15-16-10-12-18(13-11-16)22(24)25-3/h4-14,21H,1-2,15,23H2,3H3/b17-7+. The van der Waals surface area contributed by atoms with Gasteiger partial charge in [-0.2, -0.15) is 0 Å². The lowest BCUT2D eigenvalue weighted by Gasteiger charge is -2.15. The second-order valence-corrected chi connectivity index (χ2v) is 5.63. The number of hydrogen-bond donors (Lipinski definition) is 1. The number of methoxy groups -OCH3 is 1. The minimum Gasteiger partial charge on any atom is -0.489 e. The Balaban J connectivity index is 2.07. The molecule has 4 heteroatoms. The summed E-state index contributed by atoms with van der Waals surface area (Å²) in [6, 6.07) is 14.4. The van der Waals surface area contributed by atoms with Crippen molar-refractivity contribution in [2.24, 2.45) is 5.73 Å². The predicted molar refractivity (Wildman–Crippen MR) is 104 cm³/mol. The van der Waals surface area contributed by atoms with Gasteiger partial charge in [-0.05, 0) is 41.0 Å². The fourth-order valence-electron chi connectivity index (χ4n) is 2.45. The van der Waals surface area contributed by atoms with Gasteiger partial charge in [-0.1, -0.05) is 55.7 Å². The van der Waals surface area contributed by atoms with Crippen LogP contribution in [0.2, 0.25) is 0 Å². The number of carbonyl (C=O) groups is 1. The molecule has 1 unspecified atom stereocenters. The first kappa shape index (κ1) is 19.2. The van der Waals surface area contributed by atoms with Gasteiger partial charge in [-0.3, -0.25) is 0 Å². The van der Waals surface area contributed by atoms with Crippen LogP contribution in [0.3, 0.4) is 0 Å². The molecule has 0 saturated heterocycles. The Kier molecular flexibility index (Phi) is 6.94. The zero-order chi connectivity index (χ0) is 18.9. The zero-order valence-corrected chi connectivity index (χ0v) is 14.9. The van der Waals surface area contributed by atoms with E-state index in [1.807, 2.05) is 42.5 Å². The lowest BCUT2D eigenvalue weighted by Crippen LogP contribution is -2.12. The molecule has 1 atom stereocenters. The topological polar surface area (TPSA) is 61.5 Å². The Morgan fingerprint density at radius 2 is 1.92 bits per heavy atom. The lowest BCUT2D eigenvalue weighted by molar-refractivity contribution is 0.0600. The molecule has 0 aliphatic heterocycles. The van der Waals surface area contributed by atoms with Gasteiger partial charge in [-0.25, -0.2) is 4.79 Å². The maximum Gasteiger partial charge on any atom is 0.337 e. The summed E-state index contributed by atoms with van der Waals surface area (Å²) in [6.07, 6.45) is 5.26. The van der Waals surface area contributed by atoms with Crippen molar-refractivity contribution in [1.82, 2.24) is 0 Å². The SMILES string of the molecule is C=C/C=C(\C=C)C(N)c1cccc(OCc2ccc(C(=O)OC)cc2)c1. The van der Waals surface area contributed by atoms with Crippen LogP contribution < -0.4 is 10.5 Å². The van der Waals surface area contributed by atoms with Gasteiger partial charge >= 0.3 is 5.97 Å². The van der Waals surface area contributed by atoms with Crippen molar-refractivity contribution in [3.63, 3.8) is 0 Å². The number of allylic oxidation sites excluding steroid dienone is 2. The highest BCUT2D eigenvalue weighted by molar-refractivity contribution is 5.89. The van der Waals surface area contributed by atoms with E-state index in [1.165, 1.54) is 7.11 Å². The molecule has 0 aromatic heterocycles. The number of rotatable bonds is 8. The Bertz CT molecular complexity index is 806. The Morgan fingerprint density at radius 1 is 1.19 bits per heavy atom. The van der Waals surface area contributed by atoms with Gasteiger partial charge in [0.15, 0.2) is 0 Å². The van der Waals surface area contributed by atoms with Crippen molar-refractivity contribution in [2.75, 3.05) is 7.11 Å². The number of esters is 1. The molecule has 0 fully saturated rings. The minimum absolute atomic E-state index is 0.298. The molecule has 0 bridgehead atoms. The summed E-state index contributed by atoms with van der Waals surface area (Å²) in [5.41, 5.74) is 9.55. The maximum absolute atomic E-state index is 11.4. The van der Waals surface area contributed by atoms with Gasteiger partial charge in [0.05, 0.1) is 18.7 Å². The van der Waals surface area contributed by atoms with E-state index in [2.05, 4.69) is 17.9 Å². The maximum atomic E-state index is 11.4. The van der Waals surface area contributed by atoms with E-state index in [-0.39, 0.29) is 12.0 Å². The molecule has 2 aromatic carbocycles. The molecule has 2 aromatic rings. The third-order valence-corrected chi connectivity index (χ3v) is 3.90. The van der Waals surface area contributed by atoms with Crippen molar-refractivity contribution >= 4 is 5.97 Å². The summed E-state index contributed by atoms with van der Waals surface area (Å²) in [5.74, 6) is 0.363. The highest BCUT2D eigenvalue weighted by Crippen LogP contribution is 2.24. The smallest absolute Gasteiger partial charge is 0.337 e. The number of nitrogens with two attached hydrogens (primary N) is 1.